The number of nitrogens with zero attached hydrogens (tertiary/aromatic N) is 2. The van der Waals surface area contributed by atoms with Gasteiger partial charge in [-0.15, -0.1) is 0 Å². The number of aldehydes is 1. The number of carbonyl (C=O) groups excluding carboxylic acids is 2. The Morgan fingerprint density at radius 1 is 1.39 bits per heavy atom. The lowest BCUT2D eigenvalue weighted by molar-refractivity contribution is -0.150. The third-order valence-electron chi connectivity index (χ3n) is 4.87. The summed E-state index contributed by atoms with van der Waals surface area (Å²) in [6.45, 7) is -0.362. The quantitative estimate of drug-likeness (QED) is 0.517. The molecule has 1 aliphatic heterocycles. The predicted molar refractivity (Wildman–Crippen MR) is 118 cm³/mol. The molecule has 4 N–H and O–H groups in total. The number of carbonyl (C=O) groups is 2. The van der Waals surface area contributed by atoms with E-state index < -0.39 is 36.9 Å². The summed E-state index contributed by atoms with van der Waals surface area (Å²) in [5.74, 6) is 0.561. The molecule has 3 rings (SSSR count). The number of hydrogen-bond acceptors (Lipinski definition) is 6. The van der Waals surface area contributed by atoms with E-state index in [0.717, 1.165) is 4.90 Å². The van der Waals surface area contributed by atoms with E-state index in [2.05, 4.69) is 10.3 Å². The number of nitrogens with two attached hydrogens (primary N) is 1. The second-order valence-electron chi connectivity index (χ2n) is 7.07. The largest absolute Gasteiger partial charge is 0.410 e. The van der Waals surface area contributed by atoms with Gasteiger partial charge in [-0.05, 0) is 29.3 Å². The molecule has 0 bridgehead atoms. The van der Waals surface area contributed by atoms with Crippen LogP contribution in [0, 0.1) is 0 Å². The summed E-state index contributed by atoms with van der Waals surface area (Å²) in [6, 6.07) is 6.51. The number of urea groups is 1. The van der Waals surface area contributed by atoms with Gasteiger partial charge in [0.15, 0.2) is 0 Å². The number of anilines is 1. The molecule has 2 heterocycles. The third kappa shape index (κ3) is 7.04. The van der Waals surface area contributed by atoms with Gasteiger partial charge >= 0.3 is 12.2 Å². The highest BCUT2D eigenvalue weighted by Gasteiger charge is 2.48. The summed E-state index contributed by atoms with van der Waals surface area (Å²) in [6.07, 6.45) is -2.28. The molecule has 0 spiro atoms. The Morgan fingerprint density at radius 3 is 2.64 bits per heavy atom. The fourth-order valence-corrected chi connectivity index (χ4v) is 3.41. The molecule has 0 radical (unpaired) electrons. The highest BCUT2D eigenvalue weighted by molar-refractivity contribution is 6.31. The van der Waals surface area contributed by atoms with E-state index in [1.54, 1.807) is 43.4 Å². The highest BCUT2D eigenvalue weighted by atomic mass is 35.5. The number of aromatic nitrogens is 1. The van der Waals surface area contributed by atoms with Crippen molar-refractivity contribution in [2.45, 2.75) is 24.3 Å². The van der Waals surface area contributed by atoms with Crippen molar-refractivity contribution in [3.8, 4) is 0 Å². The van der Waals surface area contributed by atoms with Gasteiger partial charge in [-0.25, -0.2) is 9.78 Å². The zero-order valence-corrected chi connectivity index (χ0v) is 18.7. The topological polar surface area (TPSA) is 110 Å². The molecular formula is C21H25ClF3N5O3. The number of methoxy groups -OCH3 is 1. The van der Waals surface area contributed by atoms with Gasteiger partial charge in [0, 0.05) is 25.4 Å². The lowest BCUT2D eigenvalue weighted by Crippen LogP contribution is -2.40. The summed E-state index contributed by atoms with van der Waals surface area (Å²) >= 11 is 5.76. The molecule has 180 valence electrons. The first-order chi connectivity index (χ1) is 15.6. The molecule has 2 aromatic rings. The Balaban J connectivity index is 0.000000294. The van der Waals surface area contributed by atoms with Crippen molar-refractivity contribution >= 4 is 29.7 Å². The minimum Gasteiger partial charge on any atom is -0.382 e. The third-order valence-corrected chi connectivity index (χ3v) is 5.21. The average Bonchev–Trinajstić information content (AvgIpc) is 3.19. The van der Waals surface area contributed by atoms with Crippen molar-refractivity contribution in [3.05, 3.63) is 58.7 Å². The van der Waals surface area contributed by atoms with Gasteiger partial charge in [0.1, 0.15) is 18.1 Å². The number of ether oxygens (including phenoxy) is 1. The van der Waals surface area contributed by atoms with Crippen molar-refractivity contribution < 1.29 is 27.5 Å². The molecule has 1 saturated heterocycles. The van der Waals surface area contributed by atoms with Crippen LogP contribution in [0.2, 0.25) is 5.02 Å². The molecule has 2 unspecified atom stereocenters. The summed E-state index contributed by atoms with van der Waals surface area (Å²) in [7, 11) is 3.11. The molecular weight excluding hydrogens is 463 g/mol. The summed E-state index contributed by atoms with van der Waals surface area (Å²) in [5.41, 5.74) is 6.77. The maximum Gasteiger partial charge on any atom is 0.410 e. The number of rotatable bonds is 7. The van der Waals surface area contributed by atoms with Crippen molar-refractivity contribution in [2.24, 2.45) is 5.73 Å². The van der Waals surface area contributed by atoms with E-state index in [4.69, 9.17) is 22.1 Å². The Labute approximate surface area is 194 Å². The molecule has 3 atom stereocenters. The van der Waals surface area contributed by atoms with Crippen LogP contribution in [-0.4, -0.2) is 61.7 Å². The second kappa shape index (κ2) is 11.8. The Kier molecular flexibility index (Phi) is 9.44. The van der Waals surface area contributed by atoms with Crippen LogP contribution in [0.1, 0.15) is 23.2 Å². The van der Waals surface area contributed by atoms with Crippen LogP contribution in [0.4, 0.5) is 23.8 Å². The van der Waals surface area contributed by atoms with Gasteiger partial charge in [0.25, 0.3) is 0 Å². The number of nitrogens with one attached hydrogen (secondary N) is 2. The van der Waals surface area contributed by atoms with Gasteiger partial charge in [0.05, 0.1) is 25.2 Å². The monoisotopic (exact) mass is 487 g/mol. The Morgan fingerprint density at radius 2 is 2.09 bits per heavy atom. The first-order valence-corrected chi connectivity index (χ1v) is 10.2. The van der Waals surface area contributed by atoms with Crippen LogP contribution in [0.15, 0.2) is 42.6 Å². The van der Waals surface area contributed by atoms with Gasteiger partial charge < -0.3 is 30.8 Å². The van der Waals surface area contributed by atoms with Crippen LogP contribution < -0.4 is 16.4 Å². The first-order valence-electron chi connectivity index (χ1n) is 9.84. The van der Waals surface area contributed by atoms with Crippen molar-refractivity contribution in [2.75, 3.05) is 32.6 Å². The van der Waals surface area contributed by atoms with Crippen LogP contribution in [0.5, 0.6) is 0 Å². The fraction of sp³-hybridized carbons (Fsp3) is 0.381. The minimum absolute atomic E-state index is 0.0885. The molecule has 2 amide bonds. The van der Waals surface area contributed by atoms with E-state index in [-0.39, 0.29) is 6.61 Å². The molecule has 12 heteroatoms. The molecule has 1 aromatic heterocycles. The molecule has 33 heavy (non-hydrogen) atoms. The van der Waals surface area contributed by atoms with E-state index in [1.165, 1.54) is 13.3 Å². The molecule has 8 nitrogen and oxygen atoms in total. The summed E-state index contributed by atoms with van der Waals surface area (Å²) in [5, 5.41) is 5.34. The number of benzene rings is 1. The molecule has 1 fully saturated rings. The predicted octanol–water partition coefficient (Wildman–Crippen LogP) is 3.31. The van der Waals surface area contributed by atoms with Gasteiger partial charge in [-0.1, -0.05) is 29.8 Å². The van der Waals surface area contributed by atoms with Gasteiger partial charge in [0.2, 0.25) is 0 Å². The maximum atomic E-state index is 12.8. The molecule has 1 aromatic carbocycles. The van der Waals surface area contributed by atoms with E-state index in [1.807, 2.05) is 5.32 Å². The number of hydrogen-bond donors (Lipinski definition) is 3. The van der Waals surface area contributed by atoms with E-state index in [0.29, 0.717) is 28.3 Å². The van der Waals surface area contributed by atoms with E-state index >= 15 is 0 Å². The summed E-state index contributed by atoms with van der Waals surface area (Å²) < 4.78 is 43.4. The van der Waals surface area contributed by atoms with Crippen LogP contribution in [-0.2, 0) is 9.53 Å². The van der Waals surface area contributed by atoms with Crippen molar-refractivity contribution in [1.82, 2.24) is 15.2 Å². The number of pyridine rings is 1. The van der Waals surface area contributed by atoms with Crippen molar-refractivity contribution in [1.29, 1.82) is 0 Å². The Bertz CT molecular complexity index is 947. The van der Waals surface area contributed by atoms with E-state index in [9.17, 15) is 22.8 Å². The molecule has 1 aliphatic rings. The SMILES string of the molecule is CNc1cc(C(COC)N2CC(C(F)(F)F)NC2=O)ccn1.N[C@H](C=O)c1ccccc1Cl. The molecule has 0 aliphatic carbocycles. The normalized spacial score (nSPS) is 17.5. The number of halogens is 4. The maximum absolute atomic E-state index is 12.8. The zero-order valence-electron chi connectivity index (χ0n) is 18.0. The van der Waals surface area contributed by atoms with Crippen molar-refractivity contribution in [3.63, 3.8) is 0 Å². The second-order valence-corrected chi connectivity index (χ2v) is 7.48. The smallest absolute Gasteiger partial charge is 0.382 e. The number of amides is 2. The van der Waals surface area contributed by atoms with Crippen LogP contribution in [0.3, 0.4) is 0 Å². The standard InChI is InChI=1S/C13H17F3N4O2.C8H8ClNO/c1-17-11-5-8(3-4-18-11)9(7-22-2)20-6-10(13(14,15)16)19-12(20)21;9-7-4-2-1-3-6(7)8(10)5-11/h3-5,9-10H,6-7H2,1-2H3,(H,17,18)(H,19,21);1-5,8H,10H2/t;8-/m.1/s1. The minimum atomic E-state index is -4.48. The zero-order chi connectivity index (χ0) is 24.6. The lowest BCUT2D eigenvalue weighted by Gasteiger charge is -2.27. The first kappa shape index (κ1) is 26.4. The van der Waals surface area contributed by atoms with Crippen LogP contribution >= 0.6 is 11.6 Å². The fourth-order valence-electron chi connectivity index (χ4n) is 3.14. The number of alkyl halides is 3. The lowest BCUT2D eigenvalue weighted by atomic mass is 10.1. The van der Waals surface area contributed by atoms with Crippen LogP contribution in [0.25, 0.3) is 0 Å². The molecule has 0 saturated carbocycles. The average molecular weight is 488 g/mol. The van der Waals surface area contributed by atoms with Gasteiger partial charge in [-0.2, -0.15) is 13.2 Å². The highest BCUT2D eigenvalue weighted by Crippen LogP contribution is 2.30. The van der Waals surface area contributed by atoms with Gasteiger partial charge in [-0.3, -0.25) is 0 Å². The Hall–Kier alpha value is -2.89. The summed E-state index contributed by atoms with van der Waals surface area (Å²) in [4.78, 5) is 27.4.